The normalized spacial score (nSPS) is 27.2. The lowest BCUT2D eigenvalue weighted by Crippen LogP contribution is -2.44. The Morgan fingerprint density at radius 3 is 2.69 bits per heavy atom. The molecule has 0 saturated heterocycles. The molecule has 5 rings (SSSR count). The lowest BCUT2D eigenvalue weighted by molar-refractivity contribution is -0.116. The van der Waals surface area contributed by atoms with Crippen molar-refractivity contribution in [3.05, 3.63) is 47.0 Å². The van der Waals surface area contributed by atoms with Crippen molar-refractivity contribution in [2.45, 2.75) is 76.7 Å². The molecule has 3 aliphatic carbocycles. The first-order valence-electron chi connectivity index (χ1n) is 14.2. The number of phenols is 2. The van der Waals surface area contributed by atoms with Crippen LogP contribution in [0.1, 0.15) is 85.7 Å². The van der Waals surface area contributed by atoms with Crippen LogP contribution in [-0.4, -0.2) is 41.8 Å². The molecule has 0 aliphatic heterocycles. The van der Waals surface area contributed by atoms with Crippen LogP contribution in [0.5, 0.6) is 17.2 Å². The van der Waals surface area contributed by atoms with Gasteiger partial charge in [0.15, 0.2) is 5.75 Å². The molecule has 0 bridgehead atoms. The molecule has 0 heterocycles. The molecule has 8 heteroatoms. The largest absolute Gasteiger partial charge is 0.508 e. The van der Waals surface area contributed by atoms with E-state index in [4.69, 9.17) is 15.2 Å². The first kappa shape index (κ1) is 27.3. The SMILES string of the molecule is COc1ccc(NC(=O)CCCCO[C@H]2CCC3C4CCc5cc(O)ccc5C4CCC32C)c(O)c1C(N)=O. The summed E-state index contributed by atoms with van der Waals surface area (Å²) in [7, 11) is 1.38. The molecule has 8 nitrogen and oxygen atoms in total. The van der Waals surface area contributed by atoms with Gasteiger partial charge in [0.05, 0.1) is 18.9 Å². The van der Waals surface area contributed by atoms with Gasteiger partial charge < -0.3 is 30.7 Å². The van der Waals surface area contributed by atoms with Gasteiger partial charge in [-0.05, 0) is 110 Å². The lowest BCUT2D eigenvalue weighted by atomic mass is 9.55. The van der Waals surface area contributed by atoms with E-state index >= 15 is 0 Å². The fraction of sp³-hybridized carbons (Fsp3) is 0.548. The Labute approximate surface area is 229 Å². The molecule has 5 atom stereocenters. The van der Waals surface area contributed by atoms with Crippen molar-refractivity contribution in [1.82, 2.24) is 0 Å². The van der Waals surface area contributed by atoms with Crippen LogP contribution in [-0.2, 0) is 16.0 Å². The van der Waals surface area contributed by atoms with Crippen LogP contribution in [0.2, 0.25) is 0 Å². The number of benzene rings is 2. The van der Waals surface area contributed by atoms with Crippen LogP contribution >= 0.6 is 0 Å². The number of anilines is 1. The Bertz CT molecular complexity index is 1250. The number of aryl methyl sites for hydroxylation is 1. The van der Waals surface area contributed by atoms with E-state index in [1.54, 1.807) is 0 Å². The number of nitrogens with one attached hydrogen (secondary N) is 1. The van der Waals surface area contributed by atoms with Crippen molar-refractivity contribution >= 4 is 17.5 Å². The number of rotatable bonds is 9. The summed E-state index contributed by atoms with van der Waals surface area (Å²) in [4.78, 5) is 24.2. The number of phenolic OH excluding ortho intramolecular Hbond substituents is 1. The zero-order valence-electron chi connectivity index (χ0n) is 22.9. The number of ether oxygens (including phenoxy) is 2. The third-order valence-electron chi connectivity index (χ3n) is 9.62. The molecule has 39 heavy (non-hydrogen) atoms. The van der Waals surface area contributed by atoms with Crippen molar-refractivity contribution in [3.8, 4) is 17.2 Å². The molecule has 2 amide bonds. The maximum atomic E-state index is 12.5. The van der Waals surface area contributed by atoms with Gasteiger partial charge in [0.25, 0.3) is 5.91 Å². The summed E-state index contributed by atoms with van der Waals surface area (Å²) in [5, 5.41) is 23.0. The van der Waals surface area contributed by atoms with E-state index < -0.39 is 11.7 Å². The fourth-order valence-corrected chi connectivity index (χ4v) is 7.70. The molecule has 4 unspecified atom stereocenters. The summed E-state index contributed by atoms with van der Waals surface area (Å²) in [5.74, 6) is 0.992. The molecule has 0 aromatic heterocycles. The molecule has 3 aliphatic rings. The predicted octanol–water partition coefficient (Wildman–Crippen LogP) is 5.26. The molecule has 0 radical (unpaired) electrons. The predicted molar refractivity (Wildman–Crippen MR) is 148 cm³/mol. The minimum Gasteiger partial charge on any atom is -0.508 e. The van der Waals surface area contributed by atoms with Gasteiger partial charge in [0, 0.05) is 13.0 Å². The molecule has 210 valence electrons. The Kier molecular flexibility index (Phi) is 7.76. The van der Waals surface area contributed by atoms with Gasteiger partial charge in [-0.2, -0.15) is 0 Å². The third-order valence-corrected chi connectivity index (χ3v) is 9.62. The van der Waals surface area contributed by atoms with Crippen molar-refractivity contribution in [3.63, 3.8) is 0 Å². The van der Waals surface area contributed by atoms with Crippen LogP contribution in [0.4, 0.5) is 5.69 Å². The van der Waals surface area contributed by atoms with Gasteiger partial charge in [-0.15, -0.1) is 0 Å². The van der Waals surface area contributed by atoms with Gasteiger partial charge >= 0.3 is 0 Å². The first-order chi connectivity index (χ1) is 18.7. The number of carbonyl (C=O) groups excluding carboxylic acids is 2. The van der Waals surface area contributed by atoms with Gasteiger partial charge in [-0.3, -0.25) is 9.59 Å². The highest BCUT2D eigenvalue weighted by atomic mass is 16.5. The van der Waals surface area contributed by atoms with Crippen LogP contribution in [0.3, 0.4) is 0 Å². The molecule has 2 fully saturated rings. The Hall–Kier alpha value is -3.26. The molecular formula is C31H40N2O6. The first-order valence-corrected chi connectivity index (χ1v) is 14.2. The van der Waals surface area contributed by atoms with E-state index in [2.05, 4.69) is 18.3 Å². The van der Waals surface area contributed by atoms with Crippen LogP contribution in [0.25, 0.3) is 0 Å². The van der Waals surface area contributed by atoms with Crippen LogP contribution in [0, 0.1) is 17.3 Å². The Balaban J connectivity index is 1.10. The third kappa shape index (κ3) is 5.19. The van der Waals surface area contributed by atoms with Crippen LogP contribution < -0.4 is 15.8 Å². The molecule has 2 aromatic rings. The standard InChI is InChI=1S/C31H40N2O6/c1-31-15-14-21-20-9-7-19(34)17-18(20)6-8-22(21)23(31)10-13-26(31)39-16-4-3-5-27(35)33-24-11-12-25(38-2)28(29(24)36)30(32)37/h7,9,11-12,17,21-23,26,34,36H,3-6,8,10,13-16H2,1-2H3,(H2,32,37)(H,33,35)/t21?,22?,23?,26-,31?/m0/s1. The number of fused-ring (bicyclic) bond motifs is 5. The summed E-state index contributed by atoms with van der Waals surface area (Å²) in [6, 6.07) is 8.92. The zero-order valence-corrected chi connectivity index (χ0v) is 22.9. The number of methoxy groups -OCH3 is 1. The molecule has 0 spiro atoms. The van der Waals surface area contributed by atoms with E-state index in [0.29, 0.717) is 36.5 Å². The van der Waals surface area contributed by atoms with E-state index in [1.165, 1.54) is 49.6 Å². The minimum absolute atomic E-state index is 0.133. The smallest absolute Gasteiger partial charge is 0.256 e. The van der Waals surface area contributed by atoms with Crippen molar-refractivity contribution < 1.29 is 29.3 Å². The highest BCUT2D eigenvalue weighted by Gasteiger charge is 2.55. The fourth-order valence-electron chi connectivity index (χ4n) is 7.70. The quantitative estimate of drug-likeness (QED) is 0.256. The second-order valence-corrected chi connectivity index (χ2v) is 11.7. The van der Waals surface area contributed by atoms with Gasteiger partial charge in [0.1, 0.15) is 17.1 Å². The lowest BCUT2D eigenvalue weighted by Gasteiger charge is -2.50. The highest BCUT2D eigenvalue weighted by molar-refractivity contribution is 6.02. The Morgan fingerprint density at radius 2 is 1.92 bits per heavy atom. The second-order valence-electron chi connectivity index (χ2n) is 11.7. The number of aromatic hydroxyl groups is 2. The molecule has 2 aromatic carbocycles. The van der Waals surface area contributed by atoms with E-state index in [-0.39, 0.29) is 40.8 Å². The number of primary amides is 1. The number of amides is 2. The van der Waals surface area contributed by atoms with Crippen molar-refractivity contribution in [2.24, 2.45) is 23.0 Å². The van der Waals surface area contributed by atoms with Gasteiger partial charge in [-0.1, -0.05) is 13.0 Å². The number of hydrogen-bond acceptors (Lipinski definition) is 6. The van der Waals surface area contributed by atoms with E-state index in [0.717, 1.165) is 25.7 Å². The highest BCUT2D eigenvalue weighted by Crippen LogP contribution is 2.61. The summed E-state index contributed by atoms with van der Waals surface area (Å²) in [6.45, 7) is 3.04. The molecule has 2 saturated carbocycles. The molecule has 5 N–H and O–H groups in total. The maximum absolute atomic E-state index is 12.5. The van der Waals surface area contributed by atoms with Crippen molar-refractivity contribution in [2.75, 3.05) is 19.0 Å². The summed E-state index contributed by atoms with van der Waals surface area (Å²) < 4.78 is 11.5. The number of nitrogens with two attached hydrogens (primary N) is 1. The molecular weight excluding hydrogens is 496 g/mol. The van der Waals surface area contributed by atoms with Gasteiger partial charge in [0.2, 0.25) is 5.91 Å². The monoisotopic (exact) mass is 536 g/mol. The number of unbranched alkanes of at least 4 members (excludes halogenated alkanes) is 1. The van der Waals surface area contributed by atoms with E-state index in [9.17, 15) is 19.8 Å². The van der Waals surface area contributed by atoms with Crippen LogP contribution in [0.15, 0.2) is 30.3 Å². The Morgan fingerprint density at radius 1 is 1.10 bits per heavy atom. The topological polar surface area (TPSA) is 131 Å². The minimum atomic E-state index is -0.831. The van der Waals surface area contributed by atoms with Gasteiger partial charge in [-0.25, -0.2) is 0 Å². The number of hydrogen-bond donors (Lipinski definition) is 4. The zero-order chi connectivity index (χ0) is 27.7. The summed E-state index contributed by atoms with van der Waals surface area (Å²) in [5.41, 5.74) is 8.29. The summed E-state index contributed by atoms with van der Waals surface area (Å²) in [6.07, 6.45) is 8.82. The number of carbonyl (C=O) groups is 2. The van der Waals surface area contributed by atoms with Crippen molar-refractivity contribution in [1.29, 1.82) is 0 Å². The summed E-state index contributed by atoms with van der Waals surface area (Å²) >= 11 is 0. The maximum Gasteiger partial charge on any atom is 0.256 e. The average molecular weight is 537 g/mol. The second kappa shape index (κ2) is 11.1. The van der Waals surface area contributed by atoms with E-state index in [1.807, 2.05) is 12.1 Å². The average Bonchev–Trinajstić information content (AvgIpc) is 3.25.